The highest BCUT2D eigenvalue weighted by atomic mass is 16.6. The van der Waals surface area contributed by atoms with Gasteiger partial charge in [-0.05, 0) is 37.4 Å². The number of fused-ring (bicyclic) bond motifs is 1. The molecule has 0 spiro atoms. The van der Waals surface area contributed by atoms with Gasteiger partial charge in [-0.25, -0.2) is 0 Å². The zero-order valence-corrected chi connectivity index (χ0v) is 13.1. The Kier molecular flexibility index (Phi) is 4.24. The molecule has 4 heteroatoms. The fourth-order valence-electron chi connectivity index (χ4n) is 3.62. The monoisotopic (exact) mass is 290 g/mol. The Bertz CT molecular complexity index is 504. The van der Waals surface area contributed by atoms with Crippen LogP contribution < -0.4 is 15.2 Å². The Morgan fingerprint density at radius 1 is 1.14 bits per heavy atom. The first-order valence-electron chi connectivity index (χ1n) is 8.03. The molecule has 1 heterocycles. The Hall–Kier alpha value is -1.42. The number of nitrogens with two attached hydrogens (primary N) is 1. The van der Waals surface area contributed by atoms with Gasteiger partial charge in [-0.2, -0.15) is 0 Å². The molecule has 1 aromatic carbocycles. The summed E-state index contributed by atoms with van der Waals surface area (Å²) >= 11 is 0. The molecule has 21 heavy (non-hydrogen) atoms. The average Bonchev–Trinajstić information content (AvgIpc) is 2.48. The van der Waals surface area contributed by atoms with E-state index in [1.165, 1.54) is 25.7 Å². The van der Waals surface area contributed by atoms with Crippen molar-refractivity contribution in [3.8, 4) is 11.5 Å². The second-order valence-corrected chi connectivity index (χ2v) is 6.44. The Morgan fingerprint density at radius 3 is 2.52 bits per heavy atom. The summed E-state index contributed by atoms with van der Waals surface area (Å²) in [7, 11) is 2.21. The van der Waals surface area contributed by atoms with E-state index in [1.807, 2.05) is 12.1 Å². The van der Waals surface area contributed by atoms with Crippen LogP contribution in [0.5, 0.6) is 11.5 Å². The molecule has 0 aromatic heterocycles. The lowest BCUT2D eigenvalue weighted by Crippen LogP contribution is -2.38. The van der Waals surface area contributed by atoms with Gasteiger partial charge in [0.2, 0.25) is 0 Å². The molecule has 0 saturated heterocycles. The molecule has 2 unspecified atom stereocenters. The molecule has 1 aliphatic heterocycles. The highest BCUT2D eigenvalue weighted by Crippen LogP contribution is 2.36. The van der Waals surface area contributed by atoms with Crippen molar-refractivity contribution in [1.29, 1.82) is 0 Å². The number of nitrogens with zero attached hydrogens (tertiary/aromatic N) is 1. The summed E-state index contributed by atoms with van der Waals surface area (Å²) in [5.41, 5.74) is 8.13. The van der Waals surface area contributed by atoms with E-state index in [9.17, 15) is 0 Å². The van der Waals surface area contributed by atoms with Gasteiger partial charge >= 0.3 is 0 Å². The van der Waals surface area contributed by atoms with Gasteiger partial charge in [-0.15, -0.1) is 0 Å². The Labute approximate surface area is 127 Å². The van der Waals surface area contributed by atoms with Gasteiger partial charge in [0, 0.05) is 24.3 Å². The van der Waals surface area contributed by atoms with Crippen molar-refractivity contribution in [1.82, 2.24) is 4.90 Å². The fraction of sp³-hybridized carbons (Fsp3) is 0.647. The standard InChI is InChI=1S/C17H26N2O2/c1-12-5-3-4-6-15(12)19(2)11-13-9-16-17(10-14(13)18)21-8-7-20-16/h9-10,12,15H,3-8,11,18H2,1-2H3. The molecule has 2 aliphatic rings. The van der Waals surface area contributed by atoms with E-state index in [1.54, 1.807) is 0 Å². The highest BCUT2D eigenvalue weighted by molar-refractivity contribution is 5.58. The summed E-state index contributed by atoms with van der Waals surface area (Å²) in [6.07, 6.45) is 5.35. The number of hydrogen-bond acceptors (Lipinski definition) is 4. The van der Waals surface area contributed by atoms with Crippen LogP contribution in [0.15, 0.2) is 12.1 Å². The third-order valence-electron chi connectivity index (χ3n) is 4.86. The normalized spacial score (nSPS) is 25.1. The molecule has 116 valence electrons. The SMILES string of the molecule is CC1CCCCC1N(C)Cc1cc2c(cc1N)OCCO2. The number of ether oxygens (including phenoxy) is 2. The van der Waals surface area contributed by atoms with Crippen molar-refractivity contribution in [2.24, 2.45) is 5.92 Å². The van der Waals surface area contributed by atoms with Gasteiger partial charge < -0.3 is 15.2 Å². The van der Waals surface area contributed by atoms with Crippen molar-refractivity contribution in [3.63, 3.8) is 0 Å². The van der Waals surface area contributed by atoms with Gasteiger partial charge in [-0.3, -0.25) is 4.90 Å². The van der Waals surface area contributed by atoms with E-state index in [0.717, 1.165) is 35.2 Å². The van der Waals surface area contributed by atoms with Crippen molar-refractivity contribution >= 4 is 5.69 Å². The molecule has 1 fully saturated rings. The number of nitrogen functional groups attached to an aromatic ring is 1. The first-order valence-corrected chi connectivity index (χ1v) is 8.03. The Morgan fingerprint density at radius 2 is 1.81 bits per heavy atom. The lowest BCUT2D eigenvalue weighted by molar-refractivity contribution is 0.133. The average molecular weight is 290 g/mol. The van der Waals surface area contributed by atoms with Gasteiger partial charge in [0.15, 0.2) is 11.5 Å². The van der Waals surface area contributed by atoms with E-state index in [2.05, 4.69) is 18.9 Å². The van der Waals surface area contributed by atoms with E-state index in [-0.39, 0.29) is 0 Å². The third-order valence-corrected chi connectivity index (χ3v) is 4.86. The maximum Gasteiger partial charge on any atom is 0.163 e. The van der Waals surface area contributed by atoms with Crippen LogP contribution >= 0.6 is 0 Å². The summed E-state index contributed by atoms with van der Waals surface area (Å²) < 4.78 is 11.2. The van der Waals surface area contributed by atoms with Crippen LogP contribution in [-0.4, -0.2) is 31.2 Å². The topological polar surface area (TPSA) is 47.7 Å². The van der Waals surface area contributed by atoms with Gasteiger partial charge in [0.05, 0.1) is 0 Å². The molecule has 1 saturated carbocycles. The number of benzene rings is 1. The summed E-state index contributed by atoms with van der Waals surface area (Å²) in [4.78, 5) is 2.45. The second kappa shape index (κ2) is 6.14. The highest BCUT2D eigenvalue weighted by Gasteiger charge is 2.25. The van der Waals surface area contributed by atoms with Crippen molar-refractivity contribution in [2.75, 3.05) is 26.0 Å². The zero-order chi connectivity index (χ0) is 14.8. The number of rotatable bonds is 3. The molecule has 2 N–H and O–H groups in total. The van der Waals surface area contributed by atoms with Crippen molar-refractivity contribution in [3.05, 3.63) is 17.7 Å². The van der Waals surface area contributed by atoms with Crippen LogP contribution in [-0.2, 0) is 6.54 Å². The predicted molar refractivity (Wildman–Crippen MR) is 84.7 cm³/mol. The predicted octanol–water partition coefficient (Wildman–Crippen LogP) is 3.05. The van der Waals surface area contributed by atoms with E-state index in [0.29, 0.717) is 19.3 Å². The molecule has 0 bridgehead atoms. The molecule has 4 nitrogen and oxygen atoms in total. The van der Waals surface area contributed by atoms with Gasteiger partial charge in [-0.1, -0.05) is 19.8 Å². The lowest BCUT2D eigenvalue weighted by Gasteiger charge is -2.36. The van der Waals surface area contributed by atoms with Crippen LogP contribution in [0.2, 0.25) is 0 Å². The minimum Gasteiger partial charge on any atom is -0.486 e. The van der Waals surface area contributed by atoms with Crippen LogP contribution in [0, 0.1) is 5.92 Å². The lowest BCUT2D eigenvalue weighted by atomic mass is 9.85. The van der Waals surface area contributed by atoms with Crippen LogP contribution in [0.1, 0.15) is 38.2 Å². The van der Waals surface area contributed by atoms with Crippen molar-refractivity contribution < 1.29 is 9.47 Å². The minimum atomic E-state index is 0.602. The molecule has 0 radical (unpaired) electrons. The van der Waals surface area contributed by atoms with Gasteiger partial charge in [0.25, 0.3) is 0 Å². The summed E-state index contributed by atoms with van der Waals surface area (Å²) in [5, 5.41) is 0. The minimum absolute atomic E-state index is 0.602. The van der Waals surface area contributed by atoms with Crippen LogP contribution in [0.25, 0.3) is 0 Å². The van der Waals surface area contributed by atoms with Crippen LogP contribution in [0.3, 0.4) is 0 Å². The van der Waals surface area contributed by atoms with E-state index >= 15 is 0 Å². The molecular formula is C17H26N2O2. The Balaban J connectivity index is 1.74. The molecule has 1 aliphatic carbocycles. The van der Waals surface area contributed by atoms with Gasteiger partial charge in [0.1, 0.15) is 13.2 Å². The second-order valence-electron chi connectivity index (χ2n) is 6.44. The molecule has 2 atom stereocenters. The molecule has 3 rings (SSSR count). The summed E-state index contributed by atoms with van der Waals surface area (Å²) in [5.74, 6) is 2.37. The van der Waals surface area contributed by atoms with E-state index in [4.69, 9.17) is 15.2 Å². The smallest absolute Gasteiger partial charge is 0.163 e. The third kappa shape index (κ3) is 3.10. The summed E-state index contributed by atoms with van der Waals surface area (Å²) in [6.45, 7) is 4.46. The quantitative estimate of drug-likeness (QED) is 0.869. The molecule has 1 aromatic rings. The number of hydrogen-bond donors (Lipinski definition) is 1. The molecule has 0 amide bonds. The zero-order valence-electron chi connectivity index (χ0n) is 13.1. The fourth-order valence-corrected chi connectivity index (χ4v) is 3.62. The maximum absolute atomic E-state index is 6.19. The first-order chi connectivity index (χ1) is 10.1. The largest absolute Gasteiger partial charge is 0.486 e. The first kappa shape index (κ1) is 14.5. The van der Waals surface area contributed by atoms with Crippen LogP contribution in [0.4, 0.5) is 5.69 Å². The maximum atomic E-state index is 6.19. The number of anilines is 1. The molecular weight excluding hydrogens is 264 g/mol. The van der Waals surface area contributed by atoms with E-state index < -0.39 is 0 Å². The summed E-state index contributed by atoms with van der Waals surface area (Å²) in [6, 6.07) is 4.61. The van der Waals surface area contributed by atoms with Crippen molar-refractivity contribution in [2.45, 2.75) is 45.2 Å².